The molecule has 0 atom stereocenters. The molecule has 0 amide bonds. The molecule has 1 saturated heterocycles. The number of nitrogens with one attached hydrogen (secondary N) is 1. The van der Waals surface area contributed by atoms with Crippen LogP contribution in [0.4, 0.5) is 0 Å². The molecule has 0 aromatic carbocycles. The minimum absolute atomic E-state index is 1.25. The maximum Gasteiger partial charge on any atom is -0.00484 e. The summed E-state index contributed by atoms with van der Waals surface area (Å²) in [5.74, 6) is 0. The van der Waals surface area contributed by atoms with Crippen molar-refractivity contribution >= 4 is 0 Å². The van der Waals surface area contributed by atoms with Crippen LogP contribution in [-0.4, -0.2) is 13.1 Å². The van der Waals surface area contributed by atoms with Gasteiger partial charge in [-0.1, -0.05) is 12.2 Å². The van der Waals surface area contributed by atoms with E-state index in [0.717, 1.165) is 0 Å². The molecule has 0 bridgehead atoms. The van der Waals surface area contributed by atoms with Gasteiger partial charge in [0.1, 0.15) is 0 Å². The van der Waals surface area contributed by atoms with Gasteiger partial charge in [-0.25, -0.2) is 0 Å². The van der Waals surface area contributed by atoms with Crippen LogP contribution in [0.5, 0.6) is 0 Å². The molecule has 0 aromatic rings. The van der Waals surface area contributed by atoms with Crippen molar-refractivity contribution in [3.05, 3.63) is 12.2 Å². The first-order valence-electron chi connectivity index (χ1n) is 4.36. The summed E-state index contributed by atoms with van der Waals surface area (Å²) >= 11 is 0. The smallest absolute Gasteiger partial charge is 0.00484 e. The van der Waals surface area contributed by atoms with Gasteiger partial charge in [-0.3, -0.25) is 0 Å². The molecule has 0 spiro atoms. The molecule has 0 unspecified atom stereocenters. The van der Waals surface area contributed by atoms with Crippen LogP contribution < -0.4 is 5.32 Å². The van der Waals surface area contributed by atoms with Crippen LogP contribution in [0.2, 0.25) is 0 Å². The highest BCUT2D eigenvalue weighted by Gasteiger charge is 1.93. The number of hydrogen-bond donors (Lipinski definition) is 1. The normalized spacial score (nSPS) is 22.4. The molecule has 0 aromatic heterocycles. The van der Waals surface area contributed by atoms with E-state index >= 15 is 0 Å². The summed E-state index contributed by atoms with van der Waals surface area (Å²) < 4.78 is 0. The molecule has 2 aliphatic rings. The minimum atomic E-state index is 1.25. The monoisotopic (exact) mass is 139 g/mol. The average Bonchev–Trinajstić information content (AvgIpc) is 2.67. The van der Waals surface area contributed by atoms with Gasteiger partial charge in [-0.05, 0) is 45.2 Å². The van der Waals surface area contributed by atoms with E-state index in [4.69, 9.17) is 0 Å². The molecule has 58 valence electrons. The van der Waals surface area contributed by atoms with Crippen molar-refractivity contribution in [1.82, 2.24) is 5.32 Å². The van der Waals surface area contributed by atoms with Crippen LogP contribution in [0, 0.1) is 0 Å². The van der Waals surface area contributed by atoms with E-state index in [1.165, 1.54) is 45.2 Å². The summed E-state index contributed by atoms with van der Waals surface area (Å²) in [5.41, 5.74) is 0. The first-order chi connectivity index (χ1) is 5.00. The lowest BCUT2D eigenvalue weighted by molar-refractivity contribution is 0.857. The van der Waals surface area contributed by atoms with Gasteiger partial charge in [0.05, 0.1) is 0 Å². The molecule has 1 fully saturated rings. The van der Waals surface area contributed by atoms with Gasteiger partial charge in [0.15, 0.2) is 0 Å². The zero-order chi connectivity index (χ0) is 7.07. The third-order valence-electron chi connectivity index (χ3n) is 1.87. The van der Waals surface area contributed by atoms with Gasteiger partial charge in [0.2, 0.25) is 0 Å². The maximum atomic E-state index is 3.22. The molecular weight excluding hydrogens is 122 g/mol. The molecule has 1 heterocycles. The van der Waals surface area contributed by atoms with E-state index < -0.39 is 0 Å². The number of hydrogen-bond acceptors (Lipinski definition) is 1. The fourth-order valence-corrected chi connectivity index (χ4v) is 1.21. The summed E-state index contributed by atoms with van der Waals surface area (Å²) in [6, 6.07) is 0. The van der Waals surface area contributed by atoms with Crippen molar-refractivity contribution in [3.63, 3.8) is 0 Å². The standard InChI is InChI=1S/C5H8.C4H9N/c2*1-2-4-5-3-1/h1-2H,3-5H2;5H,1-4H2. The van der Waals surface area contributed by atoms with Crippen LogP contribution in [0.3, 0.4) is 0 Å². The van der Waals surface area contributed by atoms with Crippen molar-refractivity contribution in [3.8, 4) is 0 Å². The summed E-state index contributed by atoms with van der Waals surface area (Å²) in [4.78, 5) is 0. The second-order valence-corrected chi connectivity index (χ2v) is 2.86. The first-order valence-corrected chi connectivity index (χ1v) is 4.36. The Morgan fingerprint density at radius 3 is 1.60 bits per heavy atom. The van der Waals surface area contributed by atoms with E-state index in [1.54, 1.807) is 0 Å². The van der Waals surface area contributed by atoms with E-state index in [1.807, 2.05) is 0 Å². The SMILES string of the molecule is C1=CCCC1.C1CCNC1. The first kappa shape index (κ1) is 7.80. The minimum Gasteiger partial charge on any atom is -0.317 e. The lowest BCUT2D eigenvalue weighted by Crippen LogP contribution is -2.03. The van der Waals surface area contributed by atoms with Crippen LogP contribution in [-0.2, 0) is 0 Å². The maximum absolute atomic E-state index is 3.22. The summed E-state index contributed by atoms with van der Waals surface area (Å²) in [6.07, 6.45) is 11.3. The van der Waals surface area contributed by atoms with Crippen LogP contribution in [0.1, 0.15) is 32.1 Å². The van der Waals surface area contributed by atoms with Gasteiger partial charge < -0.3 is 5.32 Å². The molecule has 1 aliphatic carbocycles. The fourth-order valence-electron chi connectivity index (χ4n) is 1.21. The van der Waals surface area contributed by atoms with Crippen LogP contribution in [0.15, 0.2) is 12.2 Å². The summed E-state index contributed by atoms with van der Waals surface area (Å²) in [6.45, 7) is 2.50. The van der Waals surface area contributed by atoms with E-state index in [2.05, 4.69) is 17.5 Å². The van der Waals surface area contributed by atoms with Gasteiger partial charge in [0, 0.05) is 0 Å². The Balaban J connectivity index is 0.0000001000. The highest BCUT2D eigenvalue weighted by Crippen LogP contribution is 2.05. The summed E-state index contributed by atoms with van der Waals surface area (Å²) in [7, 11) is 0. The molecule has 1 N–H and O–H groups in total. The molecule has 1 aliphatic heterocycles. The lowest BCUT2D eigenvalue weighted by atomic mass is 10.4. The highest BCUT2D eigenvalue weighted by molar-refractivity contribution is 4.88. The highest BCUT2D eigenvalue weighted by atomic mass is 14.9. The molecule has 1 heteroatoms. The lowest BCUT2D eigenvalue weighted by Gasteiger charge is -1.76. The molecular formula is C9H17N. The zero-order valence-corrected chi connectivity index (χ0v) is 6.60. The largest absolute Gasteiger partial charge is 0.317 e. The average molecular weight is 139 g/mol. The number of allylic oxidation sites excluding steroid dienone is 2. The topological polar surface area (TPSA) is 12.0 Å². The Kier molecular flexibility index (Phi) is 4.28. The van der Waals surface area contributed by atoms with Gasteiger partial charge in [-0.2, -0.15) is 0 Å². The zero-order valence-electron chi connectivity index (χ0n) is 6.60. The Morgan fingerprint density at radius 1 is 0.800 bits per heavy atom. The Bertz CT molecular complexity index is 79.3. The molecule has 10 heavy (non-hydrogen) atoms. The van der Waals surface area contributed by atoms with Crippen molar-refractivity contribution in [2.75, 3.05) is 13.1 Å². The third-order valence-corrected chi connectivity index (χ3v) is 1.87. The second kappa shape index (κ2) is 5.48. The van der Waals surface area contributed by atoms with Crippen molar-refractivity contribution in [2.45, 2.75) is 32.1 Å². The van der Waals surface area contributed by atoms with Crippen molar-refractivity contribution in [1.29, 1.82) is 0 Å². The van der Waals surface area contributed by atoms with E-state index in [-0.39, 0.29) is 0 Å². The van der Waals surface area contributed by atoms with Crippen molar-refractivity contribution < 1.29 is 0 Å². The molecule has 1 nitrogen and oxygen atoms in total. The van der Waals surface area contributed by atoms with E-state index in [9.17, 15) is 0 Å². The summed E-state index contributed by atoms with van der Waals surface area (Å²) in [5, 5.41) is 3.22. The molecule has 2 rings (SSSR count). The van der Waals surface area contributed by atoms with Crippen molar-refractivity contribution in [2.24, 2.45) is 0 Å². The van der Waals surface area contributed by atoms with Crippen LogP contribution in [0.25, 0.3) is 0 Å². The Hall–Kier alpha value is -0.300. The predicted octanol–water partition coefficient (Wildman–Crippen LogP) is 2.10. The Labute approximate surface area is 63.5 Å². The predicted molar refractivity (Wildman–Crippen MR) is 45.1 cm³/mol. The molecule has 0 radical (unpaired) electrons. The van der Waals surface area contributed by atoms with E-state index in [0.29, 0.717) is 0 Å². The van der Waals surface area contributed by atoms with Gasteiger partial charge in [-0.15, -0.1) is 0 Å². The van der Waals surface area contributed by atoms with Gasteiger partial charge >= 0.3 is 0 Å². The Morgan fingerprint density at radius 2 is 1.40 bits per heavy atom. The quantitative estimate of drug-likeness (QED) is 0.507. The molecule has 0 saturated carbocycles. The second-order valence-electron chi connectivity index (χ2n) is 2.86. The van der Waals surface area contributed by atoms with Crippen LogP contribution >= 0.6 is 0 Å². The third kappa shape index (κ3) is 3.67. The number of rotatable bonds is 0. The van der Waals surface area contributed by atoms with Gasteiger partial charge in [0.25, 0.3) is 0 Å². The fraction of sp³-hybridized carbons (Fsp3) is 0.778.